The van der Waals surface area contributed by atoms with Crippen LogP contribution in [0.15, 0.2) is 60.7 Å². The summed E-state index contributed by atoms with van der Waals surface area (Å²) in [5.41, 5.74) is 0.715. The fraction of sp³-hybridized carbons (Fsp3) is 0.292. The summed E-state index contributed by atoms with van der Waals surface area (Å²) >= 11 is 0. The molecule has 6 nitrogen and oxygen atoms in total. The molecule has 3 aromatic carbocycles. The molecule has 0 saturated carbocycles. The lowest BCUT2D eigenvalue weighted by molar-refractivity contribution is -0.226. The SMILES string of the molecule is COc1ccccc1C1OCC(C)(C(=O)Nc2ccc(OC)c3ccccc23)CO1. The lowest BCUT2D eigenvalue weighted by Gasteiger charge is -2.36. The van der Waals surface area contributed by atoms with Gasteiger partial charge in [-0.3, -0.25) is 4.79 Å². The molecule has 1 aliphatic rings. The topological polar surface area (TPSA) is 66.0 Å². The predicted molar refractivity (Wildman–Crippen MR) is 115 cm³/mol. The number of hydrogen-bond donors (Lipinski definition) is 1. The number of carbonyl (C=O) groups is 1. The third-order valence-electron chi connectivity index (χ3n) is 5.40. The van der Waals surface area contributed by atoms with Gasteiger partial charge in [-0.15, -0.1) is 0 Å². The van der Waals surface area contributed by atoms with Crippen LogP contribution in [0, 0.1) is 5.41 Å². The smallest absolute Gasteiger partial charge is 0.235 e. The molecule has 1 N–H and O–H groups in total. The molecule has 1 heterocycles. The number of rotatable bonds is 5. The van der Waals surface area contributed by atoms with E-state index in [1.54, 1.807) is 14.2 Å². The van der Waals surface area contributed by atoms with Crippen molar-refractivity contribution in [2.24, 2.45) is 5.41 Å². The number of ether oxygens (including phenoxy) is 4. The lowest BCUT2D eigenvalue weighted by Crippen LogP contribution is -2.45. The Hall–Kier alpha value is -3.09. The predicted octanol–water partition coefficient (Wildman–Crippen LogP) is 4.55. The lowest BCUT2D eigenvalue weighted by atomic mass is 9.90. The van der Waals surface area contributed by atoms with Crippen LogP contribution < -0.4 is 14.8 Å². The van der Waals surface area contributed by atoms with E-state index in [9.17, 15) is 4.79 Å². The van der Waals surface area contributed by atoms with Crippen molar-refractivity contribution in [2.75, 3.05) is 32.8 Å². The van der Waals surface area contributed by atoms with E-state index < -0.39 is 11.7 Å². The molecule has 1 aliphatic heterocycles. The van der Waals surface area contributed by atoms with Gasteiger partial charge in [-0.25, -0.2) is 0 Å². The number of fused-ring (bicyclic) bond motifs is 1. The van der Waals surface area contributed by atoms with E-state index in [1.165, 1.54) is 0 Å². The standard InChI is InChI=1S/C24H25NO5/c1-24(14-29-22(30-15-24)18-10-6-7-11-20(18)27-2)23(26)25-19-12-13-21(28-3)17-9-5-4-8-16(17)19/h4-13,22H,14-15H2,1-3H3,(H,25,26). The highest BCUT2D eigenvalue weighted by Crippen LogP contribution is 2.37. The van der Waals surface area contributed by atoms with Gasteiger partial charge in [0.15, 0.2) is 6.29 Å². The average molecular weight is 407 g/mol. The first kappa shape index (κ1) is 20.2. The van der Waals surface area contributed by atoms with Crippen LogP contribution in [-0.4, -0.2) is 33.3 Å². The average Bonchev–Trinajstić information content (AvgIpc) is 2.79. The fourth-order valence-corrected chi connectivity index (χ4v) is 3.61. The van der Waals surface area contributed by atoms with Crippen molar-refractivity contribution >= 4 is 22.4 Å². The molecule has 0 aromatic heterocycles. The van der Waals surface area contributed by atoms with Crippen LogP contribution >= 0.6 is 0 Å². The van der Waals surface area contributed by atoms with Gasteiger partial charge < -0.3 is 24.3 Å². The first-order valence-electron chi connectivity index (χ1n) is 9.79. The number of hydrogen-bond acceptors (Lipinski definition) is 5. The molecule has 0 spiro atoms. The third kappa shape index (κ3) is 3.72. The zero-order valence-corrected chi connectivity index (χ0v) is 17.3. The molecule has 1 fully saturated rings. The maximum Gasteiger partial charge on any atom is 0.235 e. The Morgan fingerprint density at radius 3 is 2.23 bits per heavy atom. The van der Waals surface area contributed by atoms with Crippen LogP contribution in [0.5, 0.6) is 11.5 Å². The monoisotopic (exact) mass is 407 g/mol. The highest BCUT2D eigenvalue weighted by atomic mass is 16.7. The minimum Gasteiger partial charge on any atom is -0.496 e. The molecule has 0 bridgehead atoms. The van der Waals surface area contributed by atoms with E-state index in [0.29, 0.717) is 5.75 Å². The summed E-state index contributed by atoms with van der Waals surface area (Å²) in [6, 6.07) is 19.1. The minimum absolute atomic E-state index is 0.156. The first-order valence-corrected chi connectivity index (χ1v) is 9.79. The second-order valence-electron chi connectivity index (χ2n) is 7.57. The zero-order chi connectivity index (χ0) is 21.1. The summed E-state index contributed by atoms with van der Waals surface area (Å²) in [4.78, 5) is 13.1. The van der Waals surface area contributed by atoms with E-state index in [-0.39, 0.29) is 19.1 Å². The normalized spacial score (nSPS) is 21.2. The van der Waals surface area contributed by atoms with Gasteiger partial charge in [0.1, 0.15) is 11.5 Å². The van der Waals surface area contributed by atoms with Crippen LogP contribution in [-0.2, 0) is 14.3 Å². The summed E-state index contributed by atoms with van der Waals surface area (Å²) in [5, 5.41) is 4.90. The molecule has 0 radical (unpaired) electrons. The molecule has 0 aliphatic carbocycles. The quantitative estimate of drug-likeness (QED) is 0.672. The van der Waals surface area contributed by atoms with Gasteiger partial charge in [0, 0.05) is 22.0 Å². The Morgan fingerprint density at radius 1 is 0.900 bits per heavy atom. The molecule has 156 valence electrons. The molecule has 4 rings (SSSR count). The van der Waals surface area contributed by atoms with Gasteiger partial charge in [0.25, 0.3) is 0 Å². The second kappa shape index (κ2) is 8.34. The van der Waals surface area contributed by atoms with Gasteiger partial charge >= 0.3 is 0 Å². The van der Waals surface area contributed by atoms with Crippen molar-refractivity contribution in [2.45, 2.75) is 13.2 Å². The zero-order valence-electron chi connectivity index (χ0n) is 17.3. The van der Waals surface area contributed by atoms with Gasteiger partial charge in [0.05, 0.1) is 32.8 Å². The van der Waals surface area contributed by atoms with Gasteiger partial charge in [-0.1, -0.05) is 42.5 Å². The van der Waals surface area contributed by atoms with Crippen molar-refractivity contribution < 1.29 is 23.7 Å². The maximum atomic E-state index is 13.1. The molecule has 0 unspecified atom stereocenters. The Bertz CT molecular complexity index is 1060. The Balaban J connectivity index is 1.51. The molecule has 3 aromatic rings. The number of methoxy groups -OCH3 is 2. The molecule has 1 saturated heterocycles. The first-order chi connectivity index (χ1) is 14.6. The summed E-state index contributed by atoms with van der Waals surface area (Å²) in [6.45, 7) is 2.30. The van der Waals surface area contributed by atoms with E-state index in [4.69, 9.17) is 18.9 Å². The number of amides is 1. The molecule has 1 amide bonds. The second-order valence-corrected chi connectivity index (χ2v) is 7.57. The third-order valence-corrected chi connectivity index (χ3v) is 5.40. The summed E-state index contributed by atoms with van der Waals surface area (Å²) in [7, 11) is 3.24. The molecule has 6 heteroatoms. The number of para-hydroxylation sites is 1. The largest absolute Gasteiger partial charge is 0.496 e. The fourth-order valence-electron chi connectivity index (χ4n) is 3.61. The van der Waals surface area contributed by atoms with Crippen LogP contribution in [0.2, 0.25) is 0 Å². The van der Waals surface area contributed by atoms with Crippen LogP contribution in [0.1, 0.15) is 18.8 Å². The summed E-state index contributed by atoms with van der Waals surface area (Å²) in [6.07, 6.45) is -0.566. The highest BCUT2D eigenvalue weighted by molar-refractivity contribution is 6.05. The van der Waals surface area contributed by atoms with Crippen LogP contribution in [0.4, 0.5) is 5.69 Å². The molecular formula is C24H25NO5. The van der Waals surface area contributed by atoms with E-state index in [2.05, 4.69) is 5.32 Å². The summed E-state index contributed by atoms with van der Waals surface area (Å²) < 4.78 is 22.7. The van der Waals surface area contributed by atoms with Gasteiger partial charge in [-0.05, 0) is 25.1 Å². The van der Waals surface area contributed by atoms with E-state index in [1.807, 2.05) is 67.6 Å². The van der Waals surface area contributed by atoms with Gasteiger partial charge in [0.2, 0.25) is 5.91 Å². The van der Waals surface area contributed by atoms with Crippen LogP contribution in [0.25, 0.3) is 10.8 Å². The number of benzene rings is 3. The van der Waals surface area contributed by atoms with Crippen molar-refractivity contribution in [3.05, 3.63) is 66.2 Å². The summed E-state index contributed by atoms with van der Waals surface area (Å²) in [5.74, 6) is 1.30. The molecule has 0 atom stereocenters. The highest BCUT2D eigenvalue weighted by Gasteiger charge is 2.40. The number of carbonyl (C=O) groups excluding carboxylic acids is 1. The number of anilines is 1. The number of nitrogens with one attached hydrogen (secondary N) is 1. The Labute approximate surface area is 175 Å². The van der Waals surface area contributed by atoms with Crippen molar-refractivity contribution in [1.29, 1.82) is 0 Å². The molecule has 30 heavy (non-hydrogen) atoms. The Morgan fingerprint density at radius 2 is 1.53 bits per heavy atom. The van der Waals surface area contributed by atoms with E-state index in [0.717, 1.165) is 27.8 Å². The van der Waals surface area contributed by atoms with Crippen molar-refractivity contribution in [3.63, 3.8) is 0 Å². The minimum atomic E-state index is -0.820. The van der Waals surface area contributed by atoms with Crippen LogP contribution in [0.3, 0.4) is 0 Å². The van der Waals surface area contributed by atoms with Crippen molar-refractivity contribution in [3.8, 4) is 11.5 Å². The molecular weight excluding hydrogens is 382 g/mol. The van der Waals surface area contributed by atoms with Gasteiger partial charge in [-0.2, -0.15) is 0 Å². The Kier molecular flexibility index (Phi) is 5.61. The van der Waals surface area contributed by atoms with Crippen molar-refractivity contribution in [1.82, 2.24) is 0 Å². The van der Waals surface area contributed by atoms with E-state index >= 15 is 0 Å². The maximum absolute atomic E-state index is 13.1.